The molecule has 0 radical (unpaired) electrons. The molecule has 0 fully saturated rings. The van der Waals surface area contributed by atoms with Gasteiger partial charge >= 0.3 is 0 Å². The normalized spacial score (nSPS) is 12.5. The number of carbonyl (C=O) groups excluding carboxylic acids is 2. The van der Waals surface area contributed by atoms with Crippen LogP contribution in [0.2, 0.25) is 0 Å². The first kappa shape index (κ1) is 12.3. The standard InChI is InChI=1S/C10H18O3/c1-3-4-5-6-9(12)10(13)7-8(2)11/h10,13H,3-7H2,1-2H3/t10-/m1/s1. The number of carbonyl (C=O) groups is 2. The van der Waals surface area contributed by atoms with E-state index < -0.39 is 6.10 Å². The topological polar surface area (TPSA) is 54.4 Å². The van der Waals surface area contributed by atoms with Crippen LogP contribution in [0.25, 0.3) is 0 Å². The average Bonchev–Trinajstić information content (AvgIpc) is 2.03. The molecule has 0 rings (SSSR count). The smallest absolute Gasteiger partial charge is 0.161 e. The van der Waals surface area contributed by atoms with Crippen LogP contribution in [0.1, 0.15) is 46.0 Å². The van der Waals surface area contributed by atoms with Gasteiger partial charge < -0.3 is 5.11 Å². The second-order valence-electron chi connectivity index (χ2n) is 3.35. The summed E-state index contributed by atoms with van der Waals surface area (Å²) in [7, 11) is 0. The van der Waals surface area contributed by atoms with E-state index >= 15 is 0 Å². The molecule has 0 amide bonds. The van der Waals surface area contributed by atoms with Crippen molar-refractivity contribution >= 4 is 11.6 Å². The maximum atomic E-state index is 11.2. The van der Waals surface area contributed by atoms with E-state index in [2.05, 4.69) is 6.92 Å². The zero-order chi connectivity index (χ0) is 10.3. The zero-order valence-electron chi connectivity index (χ0n) is 8.38. The van der Waals surface area contributed by atoms with Crippen LogP contribution in [0, 0.1) is 0 Å². The molecule has 0 aliphatic carbocycles. The first-order valence-corrected chi connectivity index (χ1v) is 4.78. The van der Waals surface area contributed by atoms with E-state index in [9.17, 15) is 14.7 Å². The number of hydrogen-bond acceptors (Lipinski definition) is 3. The first-order valence-electron chi connectivity index (χ1n) is 4.78. The summed E-state index contributed by atoms with van der Waals surface area (Å²) in [5.41, 5.74) is 0. The number of hydrogen-bond donors (Lipinski definition) is 1. The Kier molecular flexibility index (Phi) is 6.41. The van der Waals surface area contributed by atoms with Gasteiger partial charge in [0.25, 0.3) is 0 Å². The molecule has 0 aromatic carbocycles. The summed E-state index contributed by atoms with van der Waals surface area (Å²) in [6.07, 6.45) is 2.14. The second-order valence-corrected chi connectivity index (χ2v) is 3.35. The molecule has 0 aliphatic rings. The molecule has 0 aromatic rings. The van der Waals surface area contributed by atoms with Crippen LogP contribution in [0.5, 0.6) is 0 Å². The van der Waals surface area contributed by atoms with Crippen LogP contribution in [0.4, 0.5) is 0 Å². The molecule has 0 bridgehead atoms. The minimum atomic E-state index is -1.07. The Morgan fingerprint density at radius 2 is 1.92 bits per heavy atom. The predicted molar refractivity (Wildman–Crippen MR) is 50.5 cm³/mol. The van der Waals surface area contributed by atoms with Gasteiger partial charge in [-0.2, -0.15) is 0 Å². The Morgan fingerprint density at radius 1 is 1.31 bits per heavy atom. The van der Waals surface area contributed by atoms with Gasteiger partial charge in [0.05, 0.1) is 0 Å². The van der Waals surface area contributed by atoms with Crippen molar-refractivity contribution in [3.63, 3.8) is 0 Å². The van der Waals surface area contributed by atoms with Crippen LogP contribution >= 0.6 is 0 Å². The van der Waals surface area contributed by atoms with E-state index in [0.29, 0.717) is 6.42 Å². The van der Waals surface area contributed by atoms with E-state index in [-0.39, 0.29) is 18.0 Å². The van der Waals surface area contributed by atoms with Crippen molar-refractivity contribution in [1.29, 1.82) is 0 Å². The van der Waals surface area contributed by atoms with Crippen molar-refractivity contribution in [3.05, 3.63) is 0 Å². The lowest BCUT2D eigenvalue weighted by Gasteiger charge is -2.06. The molecule has 3 heteroatoms. The summed E-state index contributed by atoms with van der Waals surface area (Å²) in [5, 5.41) is 9.22. The highest BCUT2D eigenvalue weighted by Crippen LogP contribution is 2.04. The van der Waals surface area contributed by atoms with E-state index in [1.54, 1.807) is 0 Å². The highest BCUT2D eigenvalue weighted by molar-refractivity contribution is 5.88. The zero-order valence-corrected chi connectivity index (χ0v) is 8.38. The second kappa shape index (κ2) is 6.78. The lowest BCUT2D eigenvalue weighted by atomic mass is 10.0. The minimum absolute atomic E-state index is 0.0367. The molecule has 0 heterocycles. The maximum Gasteiger partial charge on any atom is 0.161 e. The molecule has 1 N–H and O–H groups in total. The van der Waals surface area contributed by atoms with E-state index in [1.807, 2.05) is 0 Å². The van der Waals surface area contributed by atoms with E-state index in [4.69, 9.17) is 0 Å². The van der Waals surface area contributed by atoms with Gasteiger partial charge in [0.1, 0.15) is 11.9 Å². The molecule has 0 unspecified atom stereocenters. The van der Waals surface area contributed by atoms with Gasteiger partial charge in [0.15, 0.2) is 5.78 Å². The fourth-order valence-corrected chi connectivity index (χ4v) is 1.10. The summed E-state index contributed by atoms with van der Waals surface area (Å²) in [6, 6.07) is 0. The highest BCUT2D eigenvalue weighted by atomic mass is 16.3. The fourth-order valence-electron chi connectivity index (χ4n) is 1.10. The van der Waals surface area contributed by atoms with Crippen molar-refractivity contribution in [2.24, 2.45) is 0 Å². The van der Waals surface area contributed by atoms with Gasteiger partial charge in [-0.25, -0.2) is 0 Å². The van der Waals surface area contributed by atoms with Crippen molar-refractivity contribution in [2.45, 2.75) is 52.1 Å². The molecule has 1 atom stereocenters. The quantitative estimate of drug-likeness (QED) is 0.613. The summed E-state index contributed by atoms with van der Waals surface area (Å²) in [4.78, 5) is 21.7. The number of aliphatic hydroxyl groups excluding tert-OH is 1. The van der Waals surface area contributed by atoms with Crippen molar-refractivity contribution in [3.8, 4) is 0 Å². The molecule has 0 aliphatic heterocycles. The minimum Gasteiger partial charge on any atom is -0.385 e. The highest BCUT2D eigenvalue weighted by Gasteiger charge is 2.15. The van der Waals surface area contributed by atoms with Gasteiger partial charge in [0, 0.05) is 12.8 Å². The van der Waals surface area contributed by atoms with Crippen LogP contribution in [-0.4, -0.2) is 22.8 Å². The lowest BCUT2D eigenvalue weighted by molar-refractivity contribution is -0.131. The van der Waals surface area contributed by atoms with Crippen molar-refractivity contribution in [1.82, 2.24) is 0 Å². The Bertz CT molecular complexity index is 175. The number of rotatable bonds is 7. The Morgan fingerprint density at radius 3 is 2.38 bits per heavy atom. The Balaban J connectivity index is 3.63. The fraction of sp³-hybridized carbons (Fsp3) is 0.800. The van der Waals surface area contributed by atoms with Gasteiger partial charge in [-0.05, 0) is 13.3 Å². The van der Waals surface area contributed by atoms with Crippen LogP contribution in [0.3, 0.4) is 0 Å². The summed E-state index contributed by atoms with van der Waals surface area (Å²) >= 11 is 0. The summed E-state index contributed by atoms with van der Waals surface area (Å²) < 4.78 is 0. The molecule has 0 saturated heterocycles. The van der Waals surface area contributed by atoms with Crippen molar-refractivity contribution in [2.75, 3.05) is 0 Å². The Labute approximate surface area is 79.1 Å². The van der Waals surface area contributed by atoms with E-state index in [0.717, 1.165) is 19.3 Å². The lowest BCUT2D eigenvalue weighted by Crippen LogP contribution is -2.22. The molecule has 0 saturated carbocycles. The third-order valence-corrected chi connectivity index (χ3v) is 1.88. The van der Waals surface area contributed by atoms with Gasteiger partial charge in [-0.1, -0.05) is 19.8 Å². The average molecular weight is 186 g/mol. The predicted octanol–water partition coefficient (Wildman–Crippen LogP) is 1.48. The monoisotopic (exact) mass is 186 g/mol. The number of Topliss-reactive ketones (excluding diaryl/α,β-unsaturated/α-hetero) is 2. The molecule has 0 aromatic heterocycles. The number of aliphatic hydroxyl groups is 1. The number of unbranched alkanes of at least 4 members (excludes halogenated alkanes) is 2. The molecular formula is C10H18O3. The maximum absolute atomic E-state index is 11.2. The van der Waals surface area contributed by atoms with Gasteiger partial charge in [-0.3, -0.25) is 9.59 Å². The van der Waals surface area contributed by atoms with E-state index in [1.165, 1.54) is 6.92 Å². The van der Waals surface area contributed by atoms with Crippen molar-refractivity contribution < 1.29 is 14.7 Å². The molecule has 13 heavy (non-hydrogen) atoms. The molecule has 0 spiro atoms. The third-order valence-electron chi connectivity index (χ3n) is 1.88. The van der Waals surface area contributed by atoms with Crippen LogP contribution in [-0.2, 0) is 9.59 Å². The summed E-state index contributed by atoms with van der Waals surface area (Å²) in [5.74, 6) is -0.347. The molecular weight excluding hydrogens is 168 g/mol. The largest absolute Gasteiger partial charge is 0.385 e. The Hall–Kier alpha value is -0.700. The van der Waals surface area contributed by atoms with Crippen LogP contribution in [0.15, 0.2) is 0 Å². The SMILES string of the molecule is CCCCCC(=O)[C@H](O)CC(C)=O. The summed E-state index contributed by atoms with van der Waals surface area (Å²) in [6.45, 7) is 3.43. The van der Waals surface area contributed by atoms with Gasteiger partial charge in [-0.15, -0.1) is 0 Å². The van der Waals surface area contributed by atoms with Gasteiger partial charge in [0.2, 0.25) is 0 Å². The van der Waals surface area contributed by atoms with Crippen LogP contribution < -0.4 is 0 Å². The number of ketones is 2. The molecule has 76 valence electrons. The molecule has 3 nitrogen and oxygen atoms in total. The first-order chi connectivity index (χ1) is 6.07. The third kappa shape index (κ3) is 6.46.